The van der Waals surface area contributed by atoms with Gasteiger partial charge >= 0.3 is 0 Å². The van der Waals surface area contributed by atoms with Gasteiger partial charge in [-0.3, -0.25) is 4.79 Å². The van der Waals surface area contributed by atoms with Gasteiger partial charge in [0, 0.05) is 12.2 Å². The Morgan fingerprint density at radius 2 is 2.06 bits per heavy atom. The topological polar surface area (TPSA) is 64.3 Å². The highest BCUT2D eigenvalue weighted by atomic mass is 16.5. The molecule has 3 N–H and O–H groups in total. The molecule has 1 aliphatic rings. The molecule has 1 aromatic rings. The fourth-order valence-electron chi connectivity index (χ4n) is 1.93. The first kappa shape index (κ1) is 12.7. The molecule has 18 heavy (non-hydrogen) atoms. The van der Waals surface area contributed by atoms with E-state index in [1.807, 2.05) is 0 Å². The molecule has 1 saturated carbocycles. The number of hydrogen-bond donors (Lipinski definition) is 2. The zero-order valence-electron chi connectivity index (χ0n) is 10.9. The Labute approximate surface area is 108 Å². The first-order valence-corrected chi connectivity index (χ1v) is 6.22. The summed E-state index contributed by atoms with van der Waals surface area (Å²) >= 11 is 0. The van der Waals surface area contributed by atoms with Crippen LogP contribution < -0.4 is 15.8 Å². The summed E-state index contributed by atoms with van der Waals surface area (Å²) in [6.45, 7) is 5.23. The first-order valence-electron chi connectivity index (χ1n) is 6.22. The van der Waals surface area contributed by atoms with E-state index < -0.39 is 0 Å². The number of rotatable bonds is 5. The fourth-order valence-corrected chi connectivity index (χ4v) is 1.93. The molecule has 0 bridgehead atoms. The maximum Gasteiger partial charge on any atom is 0.257 e. The van der Waals surface area contributed by atoms with Crippen LogP contribution in [0.25, 0.3) is 0 Å². The Hall–Kier alpha value is -1.71. The minimum Gasteiger partial charge on any atom is -0.484 e. The third-order valence-corrected chi connectivity index (χ3v) is 3.51. The molecule has 1 aromatic carbocycles. The summed E-state index contributed by atoms with van der Waals surface area (Å²) in [5, 5.41) is 2.89. The Morgan fingerprint density at radius 1 is 1.44 bits per heavy atom. The van der Waals surface area contributed by atoms with Crippen molar-refractivity contribution in [2.75, 3.05) is 18.9 Å². The minimum atomic E-state index is -0.0745. The van der Waals surface area contributed by atoms with Gasteiger partial charge in [-0.1, -0.05) is 13.8 Å². The number of nitrogens with one attached hydrogen (secondary N) is 1. The van der Waals surface area contributed by atoms with E-state index >= 15 is 0 Å². The molecule has 0 saturated heterocycles. The largest absolute Gasteiger partial charge is 0.484 e. The van der Waals surface area contributed by atoms with Crippen molar-refractivity contribution >= 4 is 11.6 Å². The smallest absolute Gasteiger partial charge is 0.257 e. The van der Waals surface area contributed by atoms with E-state index in [4.69, 9.17) is 10.5 Å². The molecule has 1 unspecified atom stereocenters. The van der Waals surface area contributed by atoms with Crippen molar-refractivity contribution < 1.29 is 9.53 Å². The second kappa shape index (κ2) is 4.88. The van der Waals surface area contributed by atoms with Crippen molar-refractivity contribution in [1.29, 1.82) is 0 Å². The monoisotopic (exact) mass is 248 g/mol. The van der Waals surface area contributed by atoms with Crippen molar-refractivity contribution in [2.45, 2.75) is 20.3 Å². The van der Waals surface area contributed by atoms with Crippen molar-refractivity contribution in [3.8, 4) is 5.75 Å². The van der Waals surface area contributed by atoms with Gasteiger partial charge in [0.25, 0.3) is 5.91 Å². The van der Waals surface area contributed by atoms with Crippen LogP contribution >= 0.6 is 0 Å². The predicted molar refractivity (Wildman–Crippen MR) is 71.2 cm³/mol. The summed E-state index contributed by atoms with van der Waals surface area (Å²) in [5.74, 6) is 1.19. The number of nitrogens with two attached hydrogens (primary N) is 1. The van der Waals surface area contributed by atoms with E-state index in [1.54, 1.807) is 24.3 Å². The highest BCUT2D eigenvalue weighted by Gasteiger charge is 2.45. The predicted octanol–water partition coefficient (Wildman–Crippen LogP) is 1.81. The molecule has 4 heteroatoms. The molecule has 0 heterocycles. The third kappa shape index (κ3) is 3.39. The van der Waals surface area contributed by atoms with Crippen LogP contribution in [-0.2, 0) is 4.79 Å². The lowest BCUT2D eigenvalue weighted by Gasteiger charge is -2.08. The number of benzene rings is 1. The standard InChI is InChI=1S/C14H20N2O2/c1-14(2)7-10(14)8-16-13(17)9-18-12-5-3-11(15)4-6-12/h3-6,10H,7-9,15H2,1-2H3,(H,16,17). The van der Waals surface area contributed by atoms with E-state index in [-0.39, 0.29) is 12.5 Å². The van der Waals surface area contributed by atoms with Crippen LogP contribution in [-0.4, -0.2) is 19.1 Å². The van der Waals surface area contributed by atoms with Gasteiger partial charge in [0.1, 0.15) is 5.75 Å². The Kier molecular flexibility index (Phi) is 3.45. The van der Waals surface area contributed by atoms with Gasteiger partial charge in [0.2, 0.25) is 0 Å². The highest BCUT2D eigenvalue weighted by Crippen LogP contribution is 2.50. The lowest BCUT2D eigenvalue weighted by atomic mass is 10.1. The number of carbonyl (C=O) groups is 1. The SMILES string of the molecule is CC1(C)CC1CNC(=O)COc1ccc(N)cc1. The number of anilines is 1. The lowest BCUT2D eigenvalue weighted by molar-refractivity contribution is -0.123. The zero-order chi connectivity index (χ0) is 13.2. The van der Waals surface area contributed by atoms with Gasteiger partial charge in [-0.2, -0.15) is 0 Å². The quantitative estimate of drug-likeness (QED) is 0.781. The van der Waals surface area contributed by atoms with Gasteiger partial charge in [-0.05, 0) is 42.0 Å². The van der Waals surface area contributed by atoms with Gasteiger partial charge in [0.05, 0.1) is 0 Å². The van der Waals surface area contributed by atoms with E-state index in [1.165, 1.54) is 6.42 Å². The molecule has 1 atom stereocenters. The van der Waals surface area contributed by atoms with E-state index in [0.717, 1.165) is 6.54 Å². The van der Waals surface area contributed by atoms with Gasteiger partial charge < -0.3 is 15.8 Å². The Balaban J connectivity index is 1.67. The molecule has 0 spiro atoms. The average molecular weight is 248 g/mol. The maximum atomic E-state index is 11.6. The van der Waals surface area contributed by atoms with Crippen LogP contribution in [0, 0.1) is 11.3 Å². The Bertz CT molecular complexity index is 426. The fraction of sp³-hybridized carbons (Fsp3) is 0.500. The van der Waals surface area contributed by atoms with Crippen LogP contribution in [0.4, 0.5) is 5.69 Å². The molecule has 2 rings (SSSR count). The van der Waals surface area contributed by atoms with Gasteiger partial charge in [-0.15, -0.1) is 0 Å². The van der Waals surface area contributed by atoms with Crippen LogP contribution in [0.3, 0.4) is 0 Å². The summed E-state index contributed by atoms with van der Waals surface area (Å²) in [5.41, 5.74) is 6.64. The Morgan fingerprint density at radius 3 is 2.61 bits per heavy atom. The molecule has 0 radical (unpaired) electrons. The second-order valence-corrected chi connectivity index (χ2v) is 5.55. The molecule has 1 amide bonds. The summed E-state index contributed by atoms with van der Waals surface area (Å²) in [4.78, 5) is 11.6. The number of amides is 1. The van der Waals surface area contributed by atoms with Crippen molar-refractivity contribution in [2.24, 2.45) is 11.3 Å². The highest BCUT2D eigenvalue weighted by molar-refractivity contribution is 5.77. The van der Waals surface area contributed by atoms with Crippen molar-refractivity contribution in [1.82, 2.24) is 5.32 Å². The number of ether oxygens (including phenoxy) is 1. The molecule has 1 aliphatic carbocycles. The van der Waals surface area contributed by atoms with Gasteiger partial charge in [-0.25, -0.2) is 0 Å². The van der Waals surface area contributed by atoms with Crippen molar-refractivity contribution in [3.63, 3.8) is 0 Å². The molecule has 0 aliphatic heterocycles. The van der Waals surface area contributed by atoms with Crippen LogP contribution in [0.1, 0.15) is 20.3 Å². The molecule has 1 fully saturated rings. The second-order valence-electron chi connectivity index (χ2n) is 5.55. The lowest BCUT2D eigenvalue weighted by Crippen LogP contribution is -2.31. The summed E-state index contributed by atoms with van der Waals surface area (Å²) in [6.07, 6.45) is 1.19. The summed E-state index contributed by atoms with van der Waals surface area (Å²) < 4.78 is 5.36. The molecular formula is C14H20N2O2. The number of hydrogen-bond acceptors (Lipinski definition) is 3. The molecule has 0 aromatic heterocycles. The normalized spacial score (nSPS) is 20.2. The maximum absolute atomic E-state index is 11.6. The summed E-state index contributed by atoms with van der Waals surface area (Å²) in [7, 11) is 0. The average Bonchev–Trinajstić information content (AvgIpc) is 2.94. The van der Waals surface area contributed by atoms with E-state index in [0.29, 0.717) is 22.8 Å². The van der Waals surface area contributed by atoms with Gasteiger partial charge in [0.15, 0.2) is 6.61 Å². The van der Waals surface area contributed by atoms with Crippen LogP contribution in [0.5, 0.6) is 5.75 Å². The molecule has 98 valence electrons. The molecular weight excluding hydrogens is 228 g/mol. The third-order valence-electron chi connectivity index (χ3n) is 3.51. The van der Waals surface area contributed by atoms with Crippen LogP contribution in [0.15, 0.2) is 24.3 Å². The minimum absolute atomic E-state index is 0.0526. The van der Waals surface area contributed by atoms with E-state index in [9.17, 15) is 4.79 Å². The zero-order valence-corrected chi connectivity index (χ0v) is 10.9. The summed E-state index contributed by atoms with van der Waals surface area (Å²) in [6, 6.07) is 7.01. The number of nitrogen functional groups attached to an aromatic ring is 1. The number of carbonyl (C=O) groups excluding carboxylic acids is 1. The molecule has 4 nitrogen and oxygen atoms in total. The van der Waals surface area contributed by atoms with Crippen molar-refractivity contribution in [3.05, 3.63) is 24.3 Å². The van der Waals surface area contributed by atoms with Crippen LogP contribution in [0.2, 0.25) is 0 Å². The first-order chi connectivity index (χ1) is 8.47. The van der Waals surface area contributed by atoms with E-state index in [2.05, 4.69) is 19.2 Å².